The highest BCUT2D eigenvalue weighted by molar-refractivity contribution is 7.14. The Labute approximate surface area is 147 Å². The fourth-order valence-corrected chi connectivity index (χ4v) is 3.14. The first-order valence-corrected chi connectivity index (χ1v) is 8.76. The van der Waals surface area contributed by atoms with Crippen molar-refractivity contribution in [3.05, 3.63) is 47.7 Å². The SMILES string of the molecule is Fc1cccc(-c2nccc(-c3csc(NC4=NCCCN4)n3)n2)c1. The quantitative estimate of drug-likeness (QED) is 0.756. The zero-order valence-corrected chi connectivity index (χ0v) is 14.1. The fourth-order valence-electron chi connectivity index (χ4n) is 2.43. The summed E-state index contributed by atoms with van der Waals surface area (Å²) in [5.74, 6) is 0.903. The van der Waals surface area contributed by atoms with Gasteiger partial charge < -0.3 is 10.6 Å². The Kier molecular flexibility index (Phi) is 4.34. The van der Waals surface area contributed by atoms with E-state index in [0.717, 1.165) is 36.3 Å². The molecule has 1 aliphatic rings. The number of nitrogens with one attached hydrogen (secondary N) is 2. The summed E-state index contributed by atoms with van der Waals surface area (Å²) in [7, 11) is 0. The van der Waals surface area contributed by atoms with Gasteiger partial charge in [-0.15, -0.1) is 11.3 Å². The molecule has 0 unspecified atom stereocenters. The van der Waals surface area contributed by atoms with Gasteiger partial charge in [0.05, 0.1) is 5.69 Å². The van der Waals surface area contributed by atoms with Gasteiger partial charge in [-0.1, -0.05) is 12.1 Å². The van der Waals surface area contributed by atoms with Crippen LogP contribution in [0.3, 0.4) is 0 Å². The summed E-state index contributed by atoms with van der Waals surface area (Å²) in [5.41, 5.74) is 2.07. The van der Waals surface area contributed by atoms with E-state index in [1.807, 2.05) is 5.38 Å². The Balaban J connectivity index is 1.58. The Bertz CT molecular complexity index is 923. The fraction of sp³-hybridized carbons (Fsp3) is 0.176. The number of thiazole rings is 1. The van der Waals surface area contributed by atoms with Crippen LogP contribution < -0.4 is 10.6 Å². The van der Waals surface area contributed by atoms with E-state index < -0.39 is 0 Å². The van der Waals surface area contributed by atoms with Crippen LogP contribution in [0.1, 0.15) is 6.42 Å². The number of benzene rings is 1. The lowest BCUT2D eigenvalue weighted by atomic mass is 10.2. The molecule has 2 aromatic heterocycles. The Morgan fingerprint density at radius 3 is 2.96 bits per heavy atom. The number of aliphatic imine (C=N–C) groups is 1. The van der Waals surface area contributed by atoms with E-state index in [1.54, 1.807) is 24.4 Å². The van der Waals surface area contributed by atoms with Gasteiger partial charge in [0.15, 0.2) is 16.9 Å². The molecule has 2 N–H and O–H groups in total. The molecule has 0 saturated heterocycles. The van der Waals surface area contributed by atoms with Gasteiger partial charge >= 0.3 is 0 Å². The molecule has 1 aliphatic heterocycles. The van der Waals surface area contributed by atoms with Crippen LogP contribution in [-0.4, -0.2) is 34.0 Å². The number of halogens is 1. The van der Waals surface area contributed by atoms with E-state index in [4.69, 9.17) is 0 Å². The smallest absolute Gasteiger partial charge is 0.197 e. The predicted molar refractivity (Wildman–Crippen MR) is 97.1 cm³/mol. The minimum absolute atomic E-state index is 0.313. The molecule has 1 aromatic carbocycles. The average Bonchev–Trinajstić information content (AvgIpc) is 3.11. The number of guanidine groups is 1. The third kappa shape index (κ3) is 3.63. The summed E-state index contributed by atoms with van der Waals surface area (Å²) in [6.07, 6.45) is 2.69. The number of anilines is 1. The maximum absolute atomic E-state index is 13.4. The molecule has 0 fully saturated rings. The number of hydrogen-bond donors (Lipinski definition) is 2. The van der Waals surface area contributed by atoms with Gasteiger partial charge in [0.2, 0.25) is 0 Å². The summed E-state index contributed by atoms with van der Waals surface area (Å²) in [6, 6.07) is 8.03. The molecule has 0 saturated carbocycles. The third-order valence-corrected chi connectivity index (χ3v) is 4.39. The molecular formula is C17H15FN6S. The molecule has 4 rings (SSSR count). The van der Waals surface area contributed by atoms with Crippen LogP contribution in [0.5, 0.6) is 0 Å². The van der Waals surface area contributed by atoms with Gasteiger partial charge in [-0.2, -0.15) is 0 Å². The van der Waals surface area contributed by atoms with E-state index in [2.05, 4.69) is 30.6 Å². The predicted octanol–water partition coefficient (Wildman–Crippen LogP) is 3.17. The van der Waals surface area contributed by atoms with Crippen LogP contribution >= 0.6 is 11.3 Å². The summed E-state index contributed by atoms with van der Waals surface area (Å²) in [4.78, 5) is 17.7. The Morgan fingerprint density at radius 1 is 1.16 bits per heavy atom. The maximum Gasteiger partial charge on any atom is 0.197 e. The van der Waals surface area contributed by atoms with Crippen molar-refractivity contribution < 1.29 is 4.39 Å². The third-order valence-electron chi connectivity index (χ3n) is 3.63. The largest absolute Gasteiger partial charge is 0.356 e. The van der Waals surface area contributed by atoms with Crippen molar-refractivity contribution in [3.8, 4) is 22.8 Å². The van der Waals surface area contributed by atoms with Crippen molar-refractivity contribution in [2.45, 2.75) is 6.42 Å². The first-order valence-electron chi connectivity index (χ1n) is 7.88. The van der Waals surface area contributed by atoms with Gasteiger partial charge in [0.1, 0.15) is 11.5 Å². The summed E-state index contributed by atoms with van der Waals surface area (Å²) in [5, 5.41) is 9.04. The normalized spacial score (nSPS) is 13.9. The maximum atomic E-state index is 13.4. The second-order valence-corrected chi connectivity index (χ2v) is 6.31. The van der Waals surface area contributed by atoms with E-state index in [9.17, 15) is 4.39 Å². The van der Waals surface area contributed by atoms with Crippen LogP contribution in [0.2, 0.25) is 0 Å². The molecule has 0 aliphatic carbocycles. The molecule has 8 heteroatoms. The zero-order valence-electron chi connectivity index (χ0n) is 13.2. The minimum atomic E-state index is -0.313. The van der Waals surface area contributed by atoms with Crippen LogP contribution in [-0.2, 0) is 0 Å². The summed E-state index contributed by atoms with van der Waals surface area (Å²) >= 11 is 1.48. The van der Waals surface area contributed by atoms with Crippen molar-refractivity contribution in [2.75, 3.05) is 18.4 Å². The number of hydrogen-bond acceptors (Lipinski definition) is 7. The lowest BCUT2D eigenvalue weighted by Crippen LogP contribution is -2.35. The highest BCUT2D eigenvalue weighted by Gasteiger charge is 2.11. The molecule has 0 amide bonds. The molecule has 126 valence electrons. The molecule has 3 aromatic rings. The minimum Gasteiger partial charge on any atom is -0.356 e. The number of nitrogens with zero attached hydrogens (tertiary/aromatic N) is 4. The van der Waals surface area contributed by atoms with Crippen molar-refractivity contribution in [1.82, 2.24) is 20.3 Å². The van der Waals surface area contributed by atoms with Crippen molar-refractivity contribution in [1.29, 1.82) is 0 Å². The van der Waals surface area contributed by atoms with Gasteiger partial charge in [0, 0.05) is 30.2 Å². The molecule has 0 bridgehead atoms. The second-order valence-electron chi connectivity index (χ2n) is 5.45. The van der Waals surface area contributed by atoms with Crippen LogP contribution in [0.25, 0.3) is 22.8 Å². The first kappa shape index (κ1) is 15.6. The standard InChI is InChI=1S/C17H15FN6S/c18-12-4-1-3-11(9-12)15-19-8-5-13(22-15)14-10-25-17(23-14)24-16-20-6-2-7-21-16/h1,3-5,8-10H,2,6-7H2,(H2,20,21,23,24). The van der Waals surface area contributed by atoms with E-state index in [1.165, 1.54) is 23.5 Å². The van der Waals surface area contributed by atoms with Crippen molar-refractivity contribution >= 4 is 22.4 Å². The zero-order chi connectivity index (χ0) is 17.1. The highest BCUT2D eigenvalue weighted by atomic mass is 32.1. The lowest BCUT2D eigenvalue weighted by molar-refractivity contribution is 0.628. The van der Waals surface area contributed by atoms with Gasteiger partial charge in [-0.3, -0.25) is 4.99 Å². The molecule has 3 heterocycles. The molecule has 0 atom stereocenters. The number of rotatable bonds is 3. The van der Waals surface area contributed by atoms with Gasteiger partial charge in [0.25, 0.3) is 0 Å². The number of aromatic nitrogens is 3. The molecule has 0 spiro atoms. The average molecular weight is 354 g/mol. The second kappa shape index (κ2) is 6.94. The van der Waals surface area contributed by atoms with Gasteiger partial charge in [-0.05, 0) is 24.6 Å². The van der Waals surface area contributed by atoms with E-state index in [-0.39, 0.29) is 5.82 Å². The van der Waals surface area contributed by atoms with Crippen molar-refractivity contribution in [3.63, 3.8) is 0 Å². The van der Waals surface area contributed by atoms with Crippen LogP contribution in [0.4, 0.5) is 9.52 Å². The van der Waals surface area contributed by atoms with E-state index in [0.29, 0.717) is 17.1 Å². The summed E-state index contributed by atoms with van der Waals surface area (Å²) < 4.78 is 13.4. The van der Waals surface area contributed by atoms with Crippen LogP contribution in [0.15, 0.2) is 46.9 Å². The lowest BCUT2D eigenvalue weighted by Gasteiger charge is -2.14. The summed E-state index contributed by atoms with van der Waals surface area (Å²) in [6.45, 7) is 1.73. The van der Waals surface area contributed by atoms with E-state index >= 15 is 0 Å². The Morgan fingerprint density at radius 2 is 2.12 bits per heavy atom. The highest BCUT2D eigenvalue weighted by Crippen LogP contribution is 2.25. The molecule has 0 radical (unpaired) electrons. The van der Waals surface area contributed by atoms with Crippen LogP contribution in [0, 0.1) is 5.82 Å². The monoisotopic (exact) mass is 354 g/mol. The molecule has 25 heavy (non-hydrogen) atoms. The molecule has 6 nitrogen and oxygen atoms in total. The molecular weight excluding hydrogens is 339 g/mol. The van der Waals surface area contributed by atoms with Gasteiger partial charge in [-0.25, -0.2) is 19.3 Å². The van der Waals surface area contributed by atoms with Crippen molar-refractivity contribution in [2.24, 2.45) is 4.99 Å². The Hall–Kier alpha value is -2.87. The topological polar surface area (TPSA) is 75.1 Å². The first-order chi connectivity index (χ1) is 12.3.